The van der Waals surface area contributed by atoms with Crippen LogP contribution in [-0.2, 0) is 0 Å². The van der Waals surface area contributed by atoms with Crippen molar-refractivity contribution in [1.82, 2.24) is 10.2 Å². The van der Waals surface area contributed by atoms with Crippen LogP contribution in [0, 0.1) is 6.92 Å². The topological polar surface area (TPSA) is 63.8 Å². The van der Waals surface area contributed by atoms with Gasteiger partial charge in [0.25, 0.3) is 0 Å². The van der Waals surface area contributed by atoms with Gasteiger partial charge in [0.15, 0.2) is 5.82 Å². The molecule has 0 saturated heterocycles. The van der Waals surface area contributed by atoms with Crippen molar-refractivity contribution in [3.05, 3.63) is 42.0 Å². The van der Waals surface area contributed by atoms with Crippen LogP contribution in [0.3, 0.4) is 0 Å². The lowest BCUT2D eigenvalue weighted by Crippen LogP contribution is -2.11. The molecule has 4 heteroatoms. The molecular weight excluding hydrogens is 188 g/mol. The molecule has 15 heavy (non-hydrogen) atoms. The maximum absolute atomic E-state index is 5.29. The van der Waals surface area contributed by atoms with E-state index in [1.54, 1.807) is 0 Å². The Morgan fingerprint density at radius 3 is 2.47 bits per heavy atom. The summed E-state index contributed by atoms with van der Waals surface area (Å²) in [5, 5.41) is 8.08. The number of aryl methyl sites for hydroxylation is 1. The minimum absolute atomic E-state index is 0.606. The van der Waals surface area contributed by atoms with E-state index in [1.165, 1.54) is 0 Å². The summed E-state index contributed by atoms with van der Waals surface area (Å²) in [7, 11) is 0. The van der Waals surface area contributed by atoms with Crippen molar-refractivity contribution in [2.24, 2.45) is 5.84 Å². The van der Waals surface area contributed by atoms with Crippen molar-refractivity contribution in [1.29, 1.82) is 0 Å². The third kappa shape index (κ3) is 1.94. The molecule has 0 fully saturated rings. The average molecular weight is 200 g/mol. The van der Waals surface area contributed by atoms with Gasteiger partial charge in [-0.1, -0.05) is 30.3 Å². The Kier molecular flexibility index (Phi) is 2.60. The van der Waals surface area contributed by atoms with Crippen LogP contribution in [0.2, 0.25) is 0 Å². The number of rotatable bonds is 2. The van der Waals surface area contributed by atoms with Crippen molar-refractivity contribution in [2.45, 2.75) is 6.92 Å². The number of anilines is 1. The van der Waals surface area contributed by atoms with Crippen LogP contribution < -0.4 is 11.3 Å². The first-order chi connectivity index (χ1) is 7.31. The monoisotopic (exact) mass is 200 g/mol. The van der Waals surface area contributed by atoms with Crippen LogP contribution in [0.4, 0.5) is 5.82 Å². The van der Waals surface area contributed by atoms with Crippen molar-refractivity contribution in [3.63, 3.8) is 0 Å². The molecule has 0 unspecified atom stereocenters. The molecule has 0 bridgehead atoms. The van der Waals surface area contributed by atoms with Crippen LogP contribution in [0.25, 0.3) is 11.3 Å². The lowest BCUT2D eigenvalue weighted by Gasteiger charge is -2.04. The quantitative estimate of drug-likeness (QED) is 0.572. The summed E-state index contributed by atoms with van der Waals surface area (Å²) in [6.45, 7) is 1.94. The molecule has 2 rings (SSSR count). The number of nitrogens with zero attached hydrogens (tertiary/aromatic N) is 2. The summed E-state index contributed by atoms with van der Waals surface area (Å²) < 4.78 is 0. The van der Waals surface area contributed by atoms with Gasteiger partial charge < -0.3 is 5.43 Å². The van der Waals surface area contributed by atoms with Gasteiger partial charge in [-0.2, -0.15) is 0 Å². The van der Waals surface area contributed by atoms with Gasteiger partial charge in [0.2, 0.25) is 0 Å². The molecule has 0 aliphatic rings. The Balaban J connectivity index is 2.43. The normalized spacial score (nSPS) is 10.0. The fourth-order valence-electron chi connectivity index (χ4n) is 1.38. The average Bonchev–Trinajstić information content (AvgIpc) is 2.30. The van der Waals surface area contributed by atoms with Gasteiger partial charge in [-0.05, 0) is 18.6 Å². The molecule has 0 radical (unpaired) electrons. The van der Waals surface area contributed by atoms with E-state index in [9.17, 15) is 0 Å². The van der Waals surface area contributed by atoms with Crippen LogP contribution >= 0.6 is 0 Å². The molecule has 0 saturated carbocycles. The summed E-state index contributed by atoms with van der Waals surface area (Å²) in [6.07, 6.45) is 0. The standard InChI is InChI=1S/C11H12N4/c1-8-7-10(14-15-11(8)13-12)9-5-3-2-4-6-9/h2-7H,12H2,1H3,(H,13,15). The van der Waals surface area contributed by atoms with Gasteiger partial charge in [-0.25, -0.2) is 5.84 Å². The number of hydrogen-bond acceptors (Lipinski definition) is 4. The van der Waals surface area contributed by atoms with Gasteiger partial charge in [-0.15, -0.1) is 10.2 Å². The molecule has 0 spiro atoms. The molecule has 3 N–H and O–H groups in total. The van der Waals surface area contributed by atoms with Gasteiger partial charge in [0.05, 0.1) is 5.69 Å². The van der Waals surface area contributed by atoms with Gasteiger partial charge >= 0.3 is 0 Å². The van der Waals surface area contributed by atoms with E-state index in [4.69, 9.17) is 5.84 Å². The summed E-state index contributed by atoms with van der Waals surface area (Å²) in [6, 6.07) is 11.9. The predicted octanol–water partition coefficient (Wildman–Crippen LogP) is 1.74. The second kappa shape index (κ2) is 4.06. The number of nitrogens with two attached hydrogens (primary N) is 1. The maximum atomic E-state index is 5.29. The molecule has 1 aromatic heterocycles. The first-order valence-corrected chi connectivity index (χ1v) is 4.67. The maximum Gasteiger partial charge on any atom is 0.165 e. The fourth-order valence-corrected chi connectivity index (χ4v) is 1.38. The van der Waals surface area contributed by atoms with Crippen LogP contribution in [0.15, 0.2) is 36.4 Å². The Morgan fingerprint density at radius 2 is 1.87 bits per heavy atom. The Bertz CT molecular complexity index is 453. The van der Waals surface area contributed by atoms with E-state index in [0.29, 0.717) is 5.82 Å². The van der Waals surface area contributed by atoms with Crippen molar-refractivity contribution < 1.29 is 0 Å². The van der Waals surface area contributed by atoms with E-state index in [1.807, 2.05) is 43.3 Å². The number of nitrogen functional groups attached to an aromatic ring is 1. The highest BCUT2D eigenvalue weighted by molar-refractivity contribution is 5.61. The van der Waals surface area contributed by atoms with Gasteiger partial charge in [-0.3, -0.25) is 0 Å². The summed E-state index contributed by atoms with van der Waals surface area (Å²) in [4.78, 5) is 0. The lowest BCUT2D eigenvalue weighted by atomic mass is 10.1. The molecule has 4 nitrogen and oxygen atoms in total. The second-order valence-corrected chi connectivity index (χ2v) is 3.27. The Hall–Kier alpha value is -1.94. The third-order valence-electron chi connectivity index (χ3n) is 2.19. The molecule has 1 heterocycles. The van der Waals surface area contributed by atoms with Crippen LogP contribution in [0.5, 0.6) is 0 Å². The highest BCUT2D eigenvalue weighted by Gasteiger charge is 2.03. The zero-order valence-electron chi connectivity index (χ0n) is 8.44. The molecule has 2 aromatic rings. The van der Waals surface area contributed by atoms with Crippen LogP contribution in [-0.4, -0.2) is 10.2 Å². The smallest absolute Gasteiger partial charge is 0.165 e. The first kappa shape index (κ1) is 9.61. The largest absolute Gasteiger partial charge is 0.307 e. The van der Waals surface area contributed by atoms with E-state index >= 15 is 0 Å². The molecule has 0 aliphatic carbocycles. The highest BCUT2D eigenvalue weighted by atomic mass is 15.3. The second-order valence-electron chi connectivity index (χ2n) is 3.27. The first-order valence-electron chi connectivity index (χ1n) is 4.67. The van der Waals surface area contributed by atoms with Gasteiger partial charge in [0.1, 0.15) is 0 Å². The number of hydrazine groups is 1. The zero-order valence-corrected chi connectivity index (χ0v) is 8.44. The summed E-state index contributed by atoms with van der Waals surface area (Å²) in [5.74, 6) is 5.89. The van der Waals surface area contributed by atoms with Crippen molar-refractivity contribution in [3.8, 4) is 11.3 Å². The van der Waals surface area contributed by atoms with Crippen LogP contribution in [0.1, 0.15) is 5.56 Å². The highest BCUT2D eigenvalue weighted by Crippen LogP contribution is 2.19. The molecule has 0 atom stereocenters. The molecule has 76 valence electrons. The predicted molar refractivity (Wildman–Crippen MR) is 60.0 cm³/mol. The number of benzene rings is 1. The SMILES string of the molecule is Cc1cc(-c2ccccc2)nnc1NN. The lowest BCUT2D eigenvalue weighted by molar-refractivity contribution is 1.01. The Morgan fingerprint density at radius 1 is 1.13 bits per heavy atom. The molecule has 0 aliphatic heterocycles. The number of hydrogen-bond donors (Lipinski definition) is 2. The molecule has 0 amide bonds. The van der Waals surface area contributed by atoms with Crippen molar-refractivity contribution >= 4 is 5.82 Å². The number of nitrogens with one attached hydrogen (secondary N) is 1. The minimum atomic E-state index is 0.606. The number of aromatic nitrogens is 2. The van der Waals surface area contributed by atoms with Gasteiger partial charge in [0, 0.05) is 5.56 Å². The minimum Gasteiger partial charge on any atom is -0.307 e. The Labute approximate surface area is 88.1 Å². The molecular formula is C11H12N4. The molecule has 1 aromatic carbocycles. The summed E-state index contributed by atoms with van der Waals surface area (Å²) in [5.41, 5.74) is 5.38. The summed E-state index contributed by atoms with van der Waals surface area (Å²) >= 11 is 0. The zero-order chi connectivity index (χ0) is 10.7. The van der Waals surface area contributed by atoms with E-state index in [-0.39, 0.29) is 0 Å². The van der Waals surface area contributed by atoms with E-state index in [0.717, 1.165) is 16.8 Å². The fraction of sp³-hybridized carbons (Fsp3) is 0.0909. The van der Waals surface area contributed by atoms with E-state index in [2.05, 4.69) is 15.6 Å². The third-order valence-corrected chi connectivity index (χ3v) is 2.19. The van der Waals surface area contributed by atoms with E-state index < -0.39 is 0 Å². The van der Waals surface area contributed by atoms with Crippen molar-refractivity contribution in [2.75, 3.05) is 5.43 Å².